The summed E-state index contributed by atoms with van der Waals surface area (Å²) in [6.45, 7) is 6.67. The Morgan fingerprint density at radius 1 is 1.38 bits per heavy atom. The quantitative estimate of drug-likeness (QED) is 0.650. The normalized spacial score (nSPS) is 19.5. The SMILES string of the molecule is CC#CC1CCN(CCNC)CC1. The second-order valence-corrected chi connectivity index (χ2v) is 3.61. The zero-order valence-electron chi connectivity index (χ0n) is 8.77. The molecule has 1 aliphatic rings. The number of likely N-dealkylation sites (tertiary alicyclic amines) is 1. The lowest BCUT2D eigenvalue weighted by atomic mass is 9.97. The van der Waals surface area contributed by atoms with E-state index in [2.05, 4.69) is 22.1 Å². The van der Waals surface area contributed by atoms with Gasteiger partial charge in [-0.2, -0.15) is 0 Å². The maximum absolute atomic E-state index is 3.27. The van der Waals surface area contributed by atoms with E-state index in [0.29, 0.717) is 5.92 Å². The lowest BCUT2D eigenvalue weighted by Crippen LogP contribution is -2.37. The molecule has 0 unspecified atom stereocenters. The van der Waals surface area contributed by atoms with Gasteiger partial charge in [0.15, 0.2) is 0 Å². The molecule has 1 heterocycles. The third kappa shape index (κ3) is 3.80. The predicted molar refractivity (Wildman–Crippen MR) is 56.5 cm³/mol. The number of rotatable bonds is 3. The van der Waals surface area contributed by atoms with Crippen molar-refractivity contribution >= 4 is 0 Å². The zero-order chi connectivity index (χ0) is 9.52. The van der Waals surface area contributed by atoms with Crippen molar-refractivity contribution in [2.24, 2.45) is 5.92 Å². The fourth-order valence-corrected chi connectivity index (χ4v) is 1.77. The Labute approximate surface area is 81.7 Å². The van der Waals surface area contributed by atoms with Crippen LogP contribution in [0, 0.1) is 17.8 Å². The Balaban J connectivity index is 2.17. The smallest absolute Gasteiger partial charge is 0.0227 e. The van der Waals surface area contributed by atoms with Crippen molar-refractivity contribution in [1.82, 2.24) is 10.2 Å². The molecule has 0 aromatic rings. The molecular weight excluding hydrogens is 160 g/mol. The molecule has 0 amide bonds. The van der Waals surface area contributed by atoms with Crippen molar-refractivity contribution in [3.8, 4) is 11.8 Å². The van der Waals surface area contributed by atoms with E-state index in [1.807, 2.05) is 14.0 Å². The Bertz CT molecular complexity index is 182. The van der Waals surface area contributed by atoms with Crippen LogP contribution in [0.5, 0.6) is 0 Å². The summed E-state index contributed by atoms with van der Waals surface area (Å²) < 4.78 is 0. The van der Waals surface area contributed by atoms with Gasteiger partial charge in [0.1, 0.15) is 0 Å². The monoisotopic (exact) mass is 180 g/mol. The molecule has 1 fully saturated rings. The fourth-order valence-electron chi connectivity index (χ4n) is 1.77. The summed E-state index contributed by atoms with van der Waals surface area (Å²) in [5.74, 6) is 6.95. The van der Waals surface area contributed by atoms with Crippen LogP contribution in [0.4, 0.5) is 0 Å². The number of nitrogens with zero attached hydrogens (tertiary/aromatic N) is 1. The minimum atomic E-state index is 0.663. The molecule has 13 heavy (non-hydrogen) atoms. The first-order valence-electron chi connectivity index (χ1n) is 5.16. The van der Waals surface area contributed by atoms with E-state index in [4.69, 9.17) is 0 Å². The maximum Gasteiger partial charge on any atom is 0.0227 e. The first-order valence-corrected chi connectivity index (χ1v) is 5.16. The van der Waals surface area contributed by atoms with Gasteiger partial charge < -0.3 is 10.2 Å². The van der Waals surface area contributed by atoms with Crippen LogP contribution in [-0.2, 0) is 0 Å². The predicted octanol–water partition coefficient (Wildman–Crippen LogP) is 0.941. The van der Waals surface area contributed by atoms with E-state index in [1.165, 1.54) is 32.5 Å². The van der Waals surface area contributed by atoms with Gasteiger partial charge in [0, 0.05) is 19.0 Å². The molecule has 0 aliphatic carbocycles. The van der Waals surface area contributed by atoms with Crippen molar-refractivity contribution in [3.05, 3.63) is 0 Å². The fraction of sp³-hybridized carbons (Fsp3) is 0.818. The van der Waals surface area contributed by atoms with Crippen LogP contribution in [0.15, 0.2) is 0 Å². The Morgan fingerprint density at radius 2 is 2.08 bits per heavy atom. The van der Waals surface area contributed by atoms with Gasteiger partial charge in [0.05, 0.1) is 0 Å². The molecule has 74 valence electrons. The number of nitrogens with one attached hydrogen (secondary N) is 1. The molecule has 0 aromatic heterocycles. The Kier molecular flexibility index (Phi) is 4.88. The molecule has 0 atom stereocenters. The van der Waals surface area contributed by atoms with E-state index in [1.54, 1.807) is 0 Å². The van der Waals surface area contributed by atoms with Gasteiger partial charge in [-0.25, -0.2) is 0 Å². The van der Waals surface area contributed by atoms with Crippen molar-refractivity contribution in [1.29, 1.82) is 0 Å². The molecule has 2 heteroatoms. The molecule has 1 saturated heterocycles. The summed E-state index contributed by atoms with van der Waals surface area (Å²) in [7, 11) is 2.01. The number of hydrogen-bond donors (Lipinski definition) is 1. The van der Waals surface area contributed by atoms with Crippen LogP contribution in [0.3, 0.4) is 0 Å². The molecule has 0 saturated carbocycles. The van der Waals surface area contributed by atoms with Crippen LogP contribution < -0.4 is 5.32 Å². The third-order valence-corrected chi connectivity index (χ3v) is 2.61. The number of likely N-dealkylation sites (N-methyl/N-ethyl adjacent to an activating group) is 1. The first-order chi connectivity index (χ1) is 6.36. The van der Waals surface area contributed by atoms with Gasteiger partial charge in [-0.05, 0) is 39.9 Å². The van der Waals surface area contributed by atoms with Gasteiger partial charge in [0.2, 0.25) is 0 Å². The van der Waals surface area contributed by atoms with E-state index >= 15 is 0 Å². The zero-order valence-corrected chi connectivity index (χ0v) is 8.77. The molecular formula is C11H20N2. The molecule has 0 radical (unpaired) electrons. The lowest BCUT2D eigenvalue weighted by molar-refractivity contribution is 0.208. The number of hydrogen-bond acceptors (Lipinski definition) is 2. The molecule has 0 bridgehead atoms. The minimum absolute atomic E-state index is 0.663. The van der Waals surface area contributed by atoms with Crippen LogP contribution in [0.2, 0.25) is 0 Å². The summed E-state index contributed by atoms with van der Waals surface area (Å²) in [6.07, 6.45) is 2.51. The summed E-state index contributed by atoms with van der Waals surface area (Å²) in [4.78, 5) is 2.52. The van der Waals surface area contributed by atoms with Crippen LogP contribution in [-0.4, -0.2) is 38.1 Å². The molecule has 0 spiro atoms. The van der Waals surface area contributed by atoms with Crippen LogP contribution >= 0.6 is 0 Å². The highest BCUT2D eigenvalue weighted by Crippen LogP contribution is 2.15. The summed E-state index contributed by atoms with van der Waals surface area (Å²) in [6, 6.07) is 0. The largest absolute Gasteiger partial charge is 0.318 e. The standard InChI is InChI=1S/C11H20N2/c1-3-4-11-5-8-13(9-6-11)10-7-12-2/h11-12H,5-10H2,1-2H3. The average Bonchev–Trinajstić information content (AvgIpc) is 2.17. The van der Waals surface area contributed by atoms with Gasteiger partial charge in [-0.3, -0.25) is 0 Å². The second kappa shape index (κ2) is 6.01. The van der Waals surface area contributed by atoms with Gasteiger partial charge in [0.25, 0.3) is 0 Å². The second-order valence-electron chi connectivity index (χ2n) is 3.61. The van der Waals surface area contributed by atoms with E-state index in [9.17, 15) is 0 Å². The summed E-state index contributed by atoms with van der Waals surface area (Å²) in [5.41, 5.74) is 0. The number of piperidine rings is 1. The maximum atomic E-state index is 3.27. The van der Waals surface area contributed by atoms with Crippen molar-refractivity contribution in [3.63, 3.8) is 0 Å². The Hall–Kier alpha value is -0.520. The molecule has 0 aromatic carbocycles. The van der Waals surface area contributed by atoms with Crippen molar-refractivity contribution in [2.75, 3.05) is 33.2 Å². The molecule has 1 N–H and O–H groups in total. The Morgan fingerprint density at radius 3 is 2.62 bits per heavy atom. The minimum Gasteiger partial charge on any atom is -0.318 e. The van der Waals surface area contributed by atoms with Crippen LogP contribution in [0.1, 0.15) is 19.8 Å². The average molecular weight is 180 g/mol. The van der Waals surface area contributed by atoms with Gasteiger partial charge in [-0.1, -0.05) is 0 Å². The molecule has 1 aliphatic heterocycles. The highest BCUT2D eigenvalue weighted by Gasteiger charge is 2.16. The van der Waals surface area contributed by atoms with Crippen molar-refractivity contribution in [2.45, 2.75) is 19.8 Å². The van der Waals surface area contributed by atoms with E-state index < -0.39 is 0 Å². The van der Waals surface area contributed by atoms with Crippen LogP contribution in [0.25, 0.3) is 0 Å². The highest BCUT2D eigenvalue weighted by atomic mass is 15.1. The molecule has 2 nitrogen and oxygen atoms in total. The lowest BCUT2D eigenvalue weighted by Gasteiger charge is -2.29. The van der Waals surface area contributed by atoms with Gasteiger partial charge >= 0.3 is 0 Å². The summed E-state index contributed by atoms with van der Waals surface area (Å²) >= 11 is 0. The topological polar surface area (TPSA) is 15.3 Å². The highest BCUT2D eigenvalue weighted by molar-refractivity contribution is 5.02. The van der Waals surface area contributed by atoms with E-state index in [0.717, 1.165) is 6.54 Å². The van der Waals surface area contributed by atoms with E-state index in [-0.39, 0.29) is 0 Å². The third-order valence-electron chi connectivity index (χ3n) is 2.61. The summed E-state index contributed by atoms with van der Waals surface area (Å²) in [5, 5.41) is 3.18. The molecule has 1 rings (SSSR count). The first kappa shape index (κ1) is 10.6. The van der Waals surface area contributed by atoms with Gasteiger partial charge in [-0.15, -0.1) is 11.8 Å². The van der Waals surface area contributed by atoms with Crippen molar-refractivity contribution < 1.29 is 0 Å².